The van der Waals surface area contributed by atoms with E-state index in [-0.39, 0.29) is 0 Å². The molecule has 0 aliphatic carbocycles. The van der Waals surface area contributed by atoms with Gasteiger partial charge in [0, 0.05) is 13.1 Å². The normalized spacial score (nSPS) is 40.1. The third-order valence-electron chi connectivity index (χ3n) is 2.64. The summed E-state index contributed by atoms with van der Waals surface area (Å²) in [5, 5.41) is 3.38. The molecule has 11 heavy (non-hydrogen) atoms. The van der Waals surface area contributed by atoms with E-state index in [1.165, 1.54) is 12.8 Å². The maximum absolute atomic E-state index is 12.8. The number of hydrogen-bond acceptors (Lipinski definition) is 2. The predicted octanol–water partition coefficient (Wildman–Crippen LogP) is 0.740. The zero-order valence-electron chi connectivity index (χ0n) is 6.72. The number of rotatable bonds is 1. The first-order valence-corrected chi connectivity index (χ1v) is 4.48. The second kappa shape index (κ2) is 3.07. The molecule has 1 unspecified atom stereocenters. The van der Waals surface area contributed by atoms with Crippen LogP contribution in [0.5, 0.6) is 0 Å². The Hall–Kier alpha value is -0.150. The zero-order valence-corrected chi connectivity index (χ0v) is 6.72. The van der Waals surface area contributed by atoms with Crippen LogP contribution in [0.4, 0.5) is 4.39 Å². The summed E-state index contributed by atoms with van der Waals surface area (Å²) < 4.78 is 12.8. The van der Waals surface area contributed by atoms with Gasteiger partial charge in [0.1, 0.15) is 6.17 Å². The molecule has 0 aromatic heterocycles. The van der Waals surface area contributed by atoms with E-state index in [2.05, 4.69) is 10.2 Å². The molecule has 2 nitrogen and oxygen atoms in total. The van der Waals surface area contributed by atoms with Crippen LogP contribution in [-0.2, 0) is 0 Å². The largest absolute Gasteiger partial charge is 0.302 e. The minimum absolute atomic E-state index is 0.482. The molecule has 3 heteroatoms. The molecule has 2 saturated heterocycles. The van der Waals surface area contributed by atoms with E-state index in [1.807, 2.05) is 0 Å². The van der Waals surface area contributed by atoms with Crippen molar-refractivity contribution >= 4 is 0 Å². The first-order valence-electron chi connectivity index (χ1n) is 4.48. The maximum Gasteiger partial charge on any atom is 0.114 e. The van der Waals surface area contributed by atoms with Crippen molar-refractivity contribution in [1.82, 2.24) is 10.2 Å². The summed E-state index contributed by atoms with van der Waals surface area (Å²) in [5.74, 6) is 0. The van der Waals surface area contributed by atoms with Gasteiger partial charge in [0.05, 0.1) is 6.17 Å². The van der Waals surface area contributed by atoms with Gasteiger partial charge in [-0.15, -0.1) is 0 Å². The van der Waals surface area contributed by atoms with Crippen LogP contribution in [0.2, 0.25) is 0 Å². The van der Waals surface area contributed by atoms with E-state index < -0.39 is 6.17 Å². The van der Waals surface area contributed by atoms with Gasteiger partial charge < -0.3 is 5.32 Å². The summed E-state index contributed by atoms with van der Waals surface area (Å²) in [6.45, 7) is 2.70. The van der Waals surface area contributed by atoms with Gasteiger partial charge in [0.25, 0.3) is 0 Å². The molecule has 0 spiro atoms. The number of halogens is 1. The summed E-state index contributed by atoms with van der Waals surface area (Å²) in [6.07, 6.45) is 3.09. The molecule has 0 radical (unpaired) electrons. The molecule has 0 saturated carbocycles. The van der Waals surface area contributed by atoms with Gasteiger partial charge >= 0.3 is 0 Å². The van der Waals surface area contributed by atoms with Crippen LogP contribution in [0.15, 0.2) is 0 Å². The van der Waals surface area contributed by atoms with Crippen LogP contribution in [-0.4, -0.2) is 36.9 Å². The van der Waals surface area contributed by atoms with E-state index in [4.69, 9.17) is 0 Å². The van der Waals surface area contributed by atoms with Gasteiger partial charge in [-0.2, -0.15) is 0 Å². The third kappa shape index (κ3) is 1.54. The molecule has 64 valence electrons. The second-order valence-corrected chi connectivity index (χ2v) is 3.49. The fourth-order valence-corrected chi connectivity index (χ4v) is 2.00. The third-order valence-corrected chi connectivity index (χ3v) is 2.64. The Morgan fingerprint density at radius 1 is 1.36 bits per heavy atom. The smallest absolute Gasteiger partial charge is 0.114 e. The molecule has 2 atom stereocenters. The zero-order chi connectivity index (χ0) is 7.68. The minimum Gasteiger partial charge on any atom is -0.302 e. The summed E-state index contributed by atoms with van der Waals surface area (Å²) >= 11 is 0. The lowest BCUT2D eigenvalue weighted by atomic mass is 10.3. The Bertz CT molecular complexity index is 134. The van der Waals surface area contributed by atoms with E-state index in [0.29, 0.717) is 12.7 Å². The first-order chi connectivity index (χ1) is 5.36. The molecular weight excluding hydrogens is 143 g/mol. The minimum atomic E-state index is -0.572. The first kappa shape index (κ1) is 7.50. The van der Waals surface area contributed by atoms with Crippen molar-refractivity contribution in [3.63, 3.8) is 0 Å². The van der Waals surface area contributed by atoms with Crippen molar-refractivity contribution in [3.8, 4) is 0 Å². The van der Waals surface area contributed by atoms with Crippen molar-refractivity contribution < 1.29 is 4.39 Å². The monoisotopic (exact) mass is 158 g/mol. The number of likely N-dealkylation sites (tertiary alicyclic amines) is 1. The molecular formula is C8H15FN2. The van der Waals surface area contributed by atoms with Gasteiger partial charge in [-0.1, -0.05) is 0 Å². The van der Waals surface area contributed by atoms with E-state index in [0.717, 1.165) is 19.5 Å². The highest BCUT2D eigenvalue weighted by atomic mass is 19.1. The van der Waals surface area contributed by atoms with Crippen LogP contribution in [0.1, 0.15) is 19.3 Å². The van der Waals surface area contributed by atoms with Crippen LogP contribution in [0.25, 0.3) is 0 Å². The fourth-order valence-electron chi connectivity index (χ4n) is 2.00. The van der Waals surface area contributed by atoms with E-state index in [1.54, 1.807) is 0 Å². The Balaban J connectivity index is 1.85. The van der Waals surface area contributed by atoms with Crippen molar-refractivity contribution in [1.29, 1.82) is 0 Å². The quantitative estimate of drug-likeness (QED) is 0.605. The number of nitrogens with one attached hydrogen (secondary N) is 1. The molecule has 2 aliphatic heterocycles. The average Bonchev–Trinajstić information content (AvgIpc) is 2.55. The molecule has 1 N–H and O–H groups in total. The van der Waals surface area contributed by atoms with E-state index in [9.17, 15) is 4.39 Å². The fraction of sp³-hybridized carbons (Fsp3) is 1.00. The lowest BCUT2D eigenvalue weighted by molar-refractivity contribution is 0.206. The molecule has 2 aliphatic rings. The maximum atomic E-state index is 12.8. The summed E-state index contributed by atoms with van der Waals surface area (Å²) in [4.78, 5) is 2.23. The van der Waals surface area contributed by atoms with Crippen molar-refractivity contribution in [2.75, 3.05) is 19.6 Å². The van der Waals surface area contributed by atoms with Crippen LogP contribution in [0, 0.1) is 0 Å². The Morgan fingerprint density at radius 3 is 2.82 bits per heavy atom. The molecule has 2 fully saturated rings. The highest BCUT2D eigenvalue weighted by Gasteiger charge is 2.29. The van der Waals surface area contributed by atoms with Crippen molar-refractivity contribution in [2.24, 2.45) is 0 Å². The Labute approximate surface area is 66.8 Å². The molecule has 0 bridgehead atoms. The van der Waals surface area contributed by atoms with Gasteiger partial charge in [-0.05, 0) is 25.8 Å². The number of hydrogen-bond donors (Lipinski definition) is 1. The highest BCUT2D eigenvalue weighted by Crippen LogP contribution is 2.18. The predicted molar refractivity (Wildman–Crippen MR) is 42.1 cm³/mol. The molecule has 0 aromatic rings. The van der Waals surface area contributed by atoms with Crippen LogP contribution < -0.4 is 5.32 Å². The van der Waals surface area contributed by atoms with Gasteiger partial charge in [-0.3, -0.25) is 4.90 Å². The topological polar surface area (TPSA) is 15.3 Å². The molecule has 0 aromatic carbocycles. The molecule has 2 rings (SSSR count). The van der Waals surface area contributed by atoms with Gasteiger partial charge in [-0.25, -0.2) is 4.39 Å². The number of nitrogens with zero attached hydrogens (tertiary/aromatic N) is 1. The molecule has 0 amide bonds. The van der Waals surface area contributed by atoms with E-state index >= 15 is 0 Å². The van der Waals surface area contributed by atoms with Crippen LogP contribution in [0.3, 0.4) is 0 Å². The van der Waals surface area contributed by atoms with Crippen molar-refractivity contribution in [2.45, 2.75) is 31.6 Å². The average molecular weight is 158 g/mol. The standard InChI is InChI=1S/C8H15FN2/c9-7-3-5-11(6-7)8-2-1-4-10-8/h7-8,10H,1-6H2/t7?,8-/m0/s1. The summed E-state index contributed by atoms with van der Waals surface area (Å²) in [7, 11) is 0. The second-order valence-electron chi connectivity index (χ2n) is 3.49. The lowest BCUT2D eigenvalue weighted by Crippen LogP contribution is -2.40. The highest BCUT2D eigenvalue weighted by molar-refractivity contribution is 4.82. The Morgan fingerprint density at radius 2 is 2.27 bits per heavy atom. The van der Waals surface area contributed by atoms with Gasteiger partial charge in [0.2, 0.25) is 0 Å². The SMILES string of the molecule is FC1CCN([C@H]2CCCN2)C1. The van der Waals surface area contributed by atoms with Crippen LogP contribution >= 0.6 is 0 Å². The lowest BCUT2D eigenvalue weighted by Gasteiger charge is -2.22. The molecule has 2 heterocycles. The van der Waals surface area contributed by atoms with Crippen molar-refractivity contribution in [3.05, 3.63) is 0 Å². The summed E-state index contributed by atoms with van der Waals surface area (Å²) in [5.41, 5.74) is 0. The van der Waals surface area contributed by atoms with Gasteiger partial charge in [0.15, 0.2) is 0 Å². The summed E-state index contributed by atoms with van der Waals surface area (Å²) in [6, 6.07) is 0. The number of alkyl halides is 1. The Kier molecular flexibility index (Phi) is 2.09.